The van der Waals surface area contributed by atoms with Crippen LogP contribution in [-0.2, 0) is 17.9 Å². The third-order valence-electron chi connectivity index (χ3n) is 7.37. The van der Waals surface area contributed by atoms with Gasteiger partial charge in [0, 0.05) is 69.4 Å². The smallest absolute Gasteiger partial charge is 0.258 e. The molecule has 2 aromatic rings. The molecule has 0 aromatic carbocycles. The van der Waals surface area contributed by atoms with E-state index in [1.54, 1.807) is 25.2 Å². The molecule has 4 atom stereocenters. The largest absolute Gasteiger partial charge is 0.396 e. The molecule has 5 rings (SSSR count). The third kappa shape index (κ3) is 3.31. The average molecular weight is 435 g/mol. The zero-order valence-corrected chi connectivity index (χ0v) is 18.6. The Bertz CT molecular complexity index is 1110. The molecule has 0 saturated carbocycles. The van der Waals surface area contributed by atoms with Crippen molar-refractivity contribution in [2.45, 2.75) is 44.4 Å². The number of aromatic nitrogens is 2. The number of carbonyl (C=O) groups is 1. The normalized spacial score (nSPS) is 26.7. The second kappa shape index (κ2) is 8.30. The van der Waals surface area contributed by atoms with Crippen LogP contribution in [0.15, 0.2) is 47.5 Å². The maximum atomic E-state index is 13.5. The van der Waals surface area contributed by atoms with E-state index in [0.717, 1.165) is 41.7 Å². The maximum absolute atomic E-state index is 13.5. The summed E-state index contributed by atoms with van der Waals surface area (Å²) in [5.41, 5.74) is 3.87. The molecule has 1 saturated heterocycles. The fourth-order valence-electron chi connectivity index (χ4n) is 5.88. The van der Waals surface area contributed by atoms with Crippen LogP contribution >= 0.6 is 0 Å². The van der Waals surface area contributed by atoms with Crippen LogP contribution in [-0.4, -0.2) is 57.1 Å². The van der Waals surface area contributed by atoms with Crippen LogP contribution < -0.4 is 5.56 Å². The van der Waals surface area contributed by atoms with Gasteiger partial charge in [-0.1, -0.05) is 12.1 Å². The Morgan fingerprint density at radius 1 is 1.28 bits per heavy atom. The second-order valence-corrected chi connectivity index (χ2v) is 9.36. The Morgan fingerprint density at radius 2 is 2.12 bits per heavy atom. The predicted octanol–water partition coefficient (Wildman–Crippen LogP) is 2.06. The van der Waals surface area contributed by atoms with E-state index in [-0.39, 0.29) is 36.1 Å². The first kappa shape index (κ1) is 21.1. The van der Waals surface area contributed by atoms with Crippen LogP contribution in [0.3, 0.4) is 0 Å². The zero-order valence-electron chi connectivity index (χ0n) is 18.6. The standard InChI is InChI=1S/C25H30N4O3/c1-27(2)25(32)22-19(15-30)21-14-29-20(10-9-18(24(29)31)17-7-3-4-8-17)23(22)28(21)13-16-6-5-11-26-12-16/h5-7,9-12,19,21-23,30H,3-4,8,13-15H2,1-2H3/t19-,21-,22+,23+/m1/s1. The first-order valence-electron chi connectivity index (χ1n) is 11.4. The molecule has 0 radical (unpaired) electrons. The van der Waals surface area contributed by atoms with Crippen molar-refractivity contribution in [1.29, 1.82) is 0 Å². The van der Waals surface area contributed by atoms with E-state index in [1.165, 1.54) is 0 Å². The number of allylic oxidation sites excluding steroid dienone is 2. The summed E-state index contributed by atoms with van der Waals surface area (Å²) in [7, 11) is 3.51. The van der Waals surface area contributed by atoms with Crippen molar-refractivity contribution >= 4 is 11.5 Å². The van der Waals surface area contributed by atoms with Crippen molar-refractivity contribution in [1.82, 2.24) is 19.4 Å². The van der Waals surface area contributed by atoms with Gasteiger partial charge in [0.15, 0.2) is 0 Å². The molecule has 3 aliphatic rings. The van der Waals surface area contributed by atoms with Crippen LogP contribution in [0.25, 0.3) is 5.57 Å². The van der Waals surface area contributed by atoms with Crippen molar-refractivity contribution < 1.29 is 9.90 Å². The van der Waals surface area contributed by atoms with E-state index in [0.29, 0.717) is 13.1 Å². The third-order valence-corrected chi connectivity index (χ3v) is 7.37. The number of hydrogen-bond acceptors (Lipinski definition) is 5. The minimum Gasteiger partial charge on any atom is -0.396 e. The van der Waals surface area contributed by atoms with Gasteiger partial charge < -0.3 is 14.6 Å². The van der Waals surface area contributed by atoms with E-state index in [2.05, 4.69) is 16.0 Å². The Hall–Kier alpha value is -2.77. The zero-order chi connectivity index (χ0) is 22.4. The molecule has 2 aliphatic heterocycles. The minimum atomic E-state index is -0.402. The highest BCUT2D eigenvalue weighted by molar-refractivity contribution is 5.80. The van der Waals surface area contributed by atoms with Crippen molar-refractivity contribution in [2.24, 2.45) is 11.8 Å². The summed E-state index contributed by atoms with van der Waals surface area (Å²) in [6.45, 7) is 1.02. The molecule has 32 heavy (non-hydrogen) atoms. The fourth-order valence-corrected chi connectivity index (χ4v) is 5.88. The number of aliphatic hydroxyl groups is 1. The number of carbonyl (C=O) groups excluding carboxylic acids is 1. The summed E-state index contributed by atoms with van der Waals surface area (Å²) in [5, 5.41) is 10.4. The minimum absolute atomic E-state index is 0.00351. The van der Waals surface area contributed by atoms with Gasteiger partial charge in [0.1, 0.15) is 0 Å². The quantitative estimate of drug-likeness (QED) is 0.780. The van der Waals surface area contributed by atoms with Crippen LogP contribution in [0.5, 0.6) is 0 Å². The lowest BCUT2D eigenvalue weighted by molar-refractivity contribution is -0.135. The van der Waals surface area contributed by atoms with Gasteiger partial charge in [-0.25, -0.2) is 0 Å². The Kier molecular flexibility index (Phi) is 5.47. The summed E-state index contributed by atoms with van der Waals surface area (Å²) < 4.78 is 1.87. The number of rotatable bonds is 5. The van der Waals surface area contributed by atoms with Gasteiger partial charge in [0.2, 0.25) is 5.91 Å². The highest BCUT2D eigenvalue weighted by Crippen LogP contribution is 2.49. The van der Waals surface area contributed by atoms with Gasteiger partial charge in [0.25, 0.3) is 5.56 Å². The maximum Gasteiger partial charge on any atom is 0.258 e. The molecular formula is C25H30N4O3. The first-order valence-corrected chi connectivity index (χ1v) is 11.4. The monoisotopic (exact) mass is 434 g/mol. The van der Waals surface area contributed by atoms with Crippen LogP contribution in [0.1, 0.15) is 42.1 Å². The summed E-state index contributed by atoms with van der Waals surface area (Å²) in [6.07, 6.45) is 8.81. The van der Waals surface area contributed by atoms with Crippen molar-refractivity contribution in [2.75, 3.05) is 20.7 Å². The molecule has 1 amide bonds. The van der Waals surface area contributed by atoms with E-state index in [1.807, 2.05) is 35.0 Å². The number of pyridine rings is 2. The average Bonchev–Trinajstić information content (AvgIpc) is 3.39. The van der Waals surface area contributed by atoms with Crippen molar-refractivity contribution in [3.05, 3.63) is 69.9 Å². The first-order chi connectivity index (χ1) is 15.5. The van der Waals surface area contributed by atoms with Gasteiger partial charge in [-0.15, -0.1) is 0 Å². The number of fused-ring (bicyclic) bond motifs is 4. The van der Waals surface area contributed by atoms with Gasteiger partial charge in [-0.2, -0.15) is 0 Å². The second-order valence-electron chi connectivity index (χ2n) is 9.36. The lowest BCUT2D eigenvalue weighted by Gasteiger charge is -2.38. The molecule has 168 valence electrons. The Balaban J connectivity index is 1.63. The summed E-state index contributed by atoms with van der Waals surface area (Å²) in [4.78, 5) is 35.0. The van der Waals surface area contributed by atoms with Gasteiger partial charge >= 0.3 is 0 Å². The molecule has 0 spiro atoms. The SMILES string of the molecule is CN(C)C(=O)[C@H]1[C@H](CO)[C@H]2Cn3c(ccc(C4=CCCC4)c3=O)[C@@H]1N2Cc1cccnc1. The van der Waals surface area contributed by atoms with E-state index in [9.17, 15) is 14.7 Å². The topological polar surface area (TPSA) is 78.7 Å². The Morgan fingerprint density at radius 3 is 2.78 bits per heavy atom. The molecule has 7 nitrogen and oxygen atoms in total. The van der Waals surface area contributed by atoms with Gasteiger partial charge in [0.05, 0.1) is 12.0 Å². The molecule has 7 heteroatoms. The highest BCUT2D eigenvalue weighted by atomic mass is 16.3. The van der Waals surface area contributed by atoms with Crippen LogP contribution in [0.2, 0.25) is 0 Å². The summed E-state index contributed by atoms with van der Waals surface area (Å²) in [5.74, 6) is -0.641. The van der Waals surface area contributed by atoms with Crippen LogP contribution in [0.4, 0.5) is 0 Å². The summed E-state index contributed by atoms with van der Waals surface area (Å²) in [6, 6.07) is 7.55. The van der Waals surface area contributed by atoms with E-state index in [4.69, 9.17) is 0 Å². The highest BCUT2D eigenvalue weighted by Gasteiger charge is 2.56. The van der Waals surface area contributed by atoms with E-state index >= 15 is 0 Å². The lowest BCUT2D eigenvalue weighted by atomic mass is 9.86. The van der Waals surface area contributed by atoms with Gasteiger partial charge in [-0.3, -0.25) is 19.5 Å². The molecule has 1 N–H and O–H groups in total. The van der Waals surface area contributed by atoms with Crippen molar-refractivity contribution in [3.8, 4) is 0 Å². The summed E-state index contributed by atoms with van der Waals surface area (Å²) >= 11 is 0. The number of nitrogens with zero attached hydrogens (tertiary/aromatic N) is 4. The molecule has 2 bridgehead atoms. The molecule has 0 unspecified atom stereocenters. The fraction of sp³-hybridized carbons (Fsp3) is 0.480. The molecule has 4 heterocycles. The molecular weight excluding hydrogens is 404 g/mol. The Labute approximate surface area is 188 Å². The molecule has 1 fully saturated rings. The molecule has 2 aromatic heterocycles. The lowest BCUT2D eigenvalue weighted by Crippen LogP contribution is -2.46. The number of hydrogen-bond donors (Lipinski definition) is 1. The predicted molar refractivity (Wildman–Crippen MR) is 122 cm³/mol. The van der Waals surface area contributed by atoms with E-state index < -0.39 is 5.92 Å². The van der Waals surface area contributed by atoms with Gasteiger partial charge in [-0.05, 0) is 48.6 Å². The molecule has 1 aliphatic carbocycles. The number of amides is 1. The number of aliphatic hydroxyl groups excluding tert-OH is 1. The van der Waals surface area contributed by atoms with Crippen LogP contribution in [0, 0.1) is 11.8 Å². The van der Waals surface area contributed by atoms with Crippen molar-refractivity contribution in [3.63, 3.8) is 0 Å².